The Hall–Kier alpha value is -1.23. The first kappa shape index (κ1) is 15.2. The van der Waals surface area contributed by atoms with Crippen LogP contribution in [-0.4, -0.2) is 17.3 Å². The van der Waals surface area contributed by atoms with Crippen LogP contribution in [-0.2, 0) is 6.18 Å². The summed E-state index contributed by atoms with van der Waals surface area (Å²) in [7, 11) is 0. The molecule has 0 heterocycles. The highest BCUT2D eigenvalue weighted by Crippen LogP contribution is 2.33. The highest BCUT2D eigenvalue weighted by Gasteiger charge is 2.32. The van der Waals surface area contributed by atoms with Gasteiger partial charge in [0.15, 0.2) is 0 Å². The molecular formula is C15H20F3NO. The molecule has 0 bridgehead atoms. The van der Waals surface area contributed by atoms with Gasteiger partial charge in [0.1, 0.15) is 0 Å². The third-order valence-corrected chi connectivity index (χ3v) is 3.96. The number of rotatable bonds is 3. The van der Waals surface area contributed by atoms with Crippen LogP contribution in [0, 0.1) is 6.92 Å². The molecule has 1 fully saturated rings. The maximum absolute atomic E-state index is 12.7. The fraction of sp³-hybridized carbons (Fsp3) is 0.600. The van der Waals surface area contributed by atoms with Gasteiger partial charge in [-0.05, 0) is 37.5 Å². The van der Waals surface area contributed by atoms with Crippen molar-refractivity contribution in [2.45, 2.75) is 50.8 Å². The lowest BCUT2D eigenvalue weighted by Crippen LogP contribution is -2.38. The minimum atomic E-state index is -4.34. The summed E-state index contributed by atoms with van der Waals surface area (Å²) in [6, 6.07) is 3.65. The average molecular weight is 287 g/mol. The first-order valence-corrected chi connectivity index (χ1v) is 6.94. The largest absolute Gasteiger partial charge is 0.416 e. The standard InChI is InChI=1S/C15H20F3NO/c1-11-5-6-12(15(16,17)18)9-13(11)19-10-14(20)7-3-2-4-8-14/h5-6,9,19-20H,2-4,7-8,10H2,1H3. The van der Waals surface area contributed by atoms with Gasteiger partial charge in [0.2, 0.25) is 0 Å². The molecule has 1 aliphatic carbocycles. The number of nitrogens with one attached hydrogen (secondary N) is 1. The number of alkyl halides is 3. The van der Waals surface area contributed by atoms with Crippen molar-refractivity contribution in [1.82, 2.24) is 0 Å². The number of hydrogen-bond acceptors (Lipinski definition) is 2. The molecule has 2 rings (SSSR count). The maximum atomic E-state index is 12.7. The van der Waals surface area contributed by atoms with Gasteiger partial charge in [-0.3, -0.25) is 0 Å². The van der Waals surface area contributed by atoms with E-state index in [-0.39, 0.29) is 0 Å². The molecule has 0 spiro atoms. The van der Waals surface area contributed by atoms with E-state index in [1.165, 1.54) is 6.07 Å². The second-order valence-corrected chi connectivity index (χ2v) is 5.67. The summed E-state index contributed by atoms with van der Waals surface area (Å²) in [5.41, 5.74) is -0.267. The summed E-state index contributed by atoms with van der Waals surface area (Å²) >= 11 is 0. The number of hydrogen-bond donors (Lipinski definition) is 2. The Balaban J connectivity index is 2.09. The lowest BCUT2D eigenvalue weighted by atomic mass is 9.85. The Labute approximate surface area is 117 Å². The van der Waals surface area contributed by atoms with Gasteiger partial charge in [-0.15, -0.1) is 0 Å². The van der Waals surface area contributed by atoms with E-state index < -0.39 is 17.3 Å². The van der Waals surface area contributed by atoms with Crippen LogP contribution in [0.2, 0.25) is 0 Å². The smallest absolute Gasteiger partial charge is 0.388 e. The fourth-order valence-corrected chi connectivity index (χ4v) is 2.64. The van der Waals surface area contributed by atoms with Gasteiger partial charge in [0.25, 0.3) is 0 Å². The van der Waals surface area contributed by atoms with Crippen molar-refractivity contribution in [3.05, 3.63) is 29.3 Å². The molecule has 5 heteroatoms. The Morgan fingerprint density at radius 3 is 2.45 bits per heavy atom. The number of halogens is 3. The van der Waals surface area contributed by atoms with Crippen molar-refractivity contribution < 1.29 is 18.3 Å². The molecule has 0 aliphatic heterocycles. The predicted octanol–water partition coefficient (Wildman–Crippen LogP) is 4.12. The highest BCUT2D eigenvalue weighted by molar-refractivity contribution is 5.53. The van der Waals surface area contributed by atoms with Crippen LogP contribution in [0.4, 0.5) is 18.9 Å². The van der Waals surface area contributed by atoms with Gasteiger partial charge in [-0.25, -0.2) is 0 Å². The molecule has 0 aromatic heterocycles. The molecule has 0 saturated heterocycles. The first-order chi connectivity index (χ1) is 9.30. The Morgan fingerprint density at radius 1 is 1.20 bits per heavy atom. The quantitative estimate of drug-likeness (QED) is 0.876. The van der Waals surface area contributed by atoms with Gasteiger partial charge in [0, 0.05) is 12.2 Å². The summed E-state index contributed by atoms with van der Waals surface area (Å²) in [6.07, 6.45) is 0.131. The molecule has 0 amide bonds. The maximum Gasteiger partial charge on any atom is 0.416 e. The van der Waals surface area contributed by atoms with E-state index in [9.17, 15) is 18.3 Å². The number of aryl methyl sites for hydroxylation is 1. The van der Waals surface area contributed by atoms with E-state index in [2.05, 4.69) is 5.32 Å². The fourth-order valence-electron chi connectivity index (χ4n) is 2.64. The molecule has 0 radical (unpaired) electrons. The molecular weight excluding hydrogens is 267 g/mol. The zero-order chi connectivity index (χ0) is 14.8. The van der Waals surface area contributed by atoms with Crippen LogP contribution in [0.1, 0.15) is 43.2 Å². The summed E-state index contributed by atoms with van der Waals surface area (Å²) in [5, 5.41) is 13.4. The molecule has 1 aliphatic rings. The summed E-state index contributed by atoms with van der Waals surface area (Å²) in [4.78, 5) is 0. The molecule has 1 saturated carbocycles. The van der Waals surface area contributed by atoms with E-state index in [4.69, 9.17) is 0 Å². The molecule has 2 nitrogen and oxygen atoms in total. The van der Waals surface area contributed by atoms with Gasteiger partial charge < -0.3 is 10.4 Å². The number of aliphatic hydroxyl groups is 1. The molecule has 0 atom stereocenters. The SMILES string of the molecule is Cc1ccc(C(F)(F)F)cc1NCC1(O)CCCCC1. The van der Waals surface area contributed by atoms with Crippen LogP contribution in [0.25, 0.3) is 0 Å². The van der Waals surface area contributed by atoms with Crippen molar-refractivity contribution in [2.75, 3.05) is 11.9 Å². The van der Waals surface area contributed by atoms with Gasteiger partial charge in [-0.2, -0.15) is 13.2 Å². The van der Waals surface area contributed by atoms with E-state index >= 15 is 0 Å². The Morgan fingerprint density at radius 2 is 1.85 bits per heavy atom. The first-order valence-electron chi connectivity index (χ1n) is 6.94. The monoisotopic (exact) mass is 287 g/mol. The zero-order valence-electron chi connectivity index (χ0n) is 11.6. The van der Waals surface area contributed by atoms with Crippen molar-refractivity contribution >= 4 is 5.69 Å². The van der Waals surface area contributed by atoms with Crippen LogP contribution in [0.15, 0.2) is 18.2 Å². The lowest BCUT2D eigenvalue weighted by Gasteiger charge is -2.32. The van der Waals surface area contributed by atoms with Crippen molar-refractivity contribution in [1.29, 1.82) is 0 Å². The molecule has 0 unspecified atom stereocenters. The normalized spacial score (nSPS) is 18.9. The third-order valence-electron chi connectivity index (χ3n) is 3.96. The van der Waals surface area contributed by atoms with E-state index in [0.29, 0.717) is 25.1 Å². The Bertz CT molecular complexity index is 465. The topological polar surface area (TPSA) is 32.3 Å². The second-order valence-electron chi connectivity index (χ2n) is 5.67. The molecule has 20 heavy (non-hydrogen) atoms. The Kier molecular flexibility index (Phi) is 4.28. The average Bonchev–Trinajstić information content (AvgIpc) is 2.37. The summed E-state index contributed by atoms with van der Waals surface area (Å²) < 4.78 is 38.1. The van der Waals surface area contributed by atoms with Crippen molar-refractivity contribution in [2.24, 2.45) is 0 Å². The van der Waals surface area contributed by atoms with Crippen molar-refractivity contribution in [3.63, 3.8) is 0 Å². The van der Waals surface area contributed by atoms with E-state index in [1.54, 1.807) is 6.92 Å². The van der Waals surface area contributed by atoms with E-state index in [1.807, 2.05) is 0 Å². The van der Waals surface area contributed by atoms with Crippen LogP contribution in [0.3, 0.4) is 0 Å². The molecule has 112 valence electrons. The lowest BCUT2D eigenvalue weighted by molar-refractivity contribution is -0.137. The minimum Gasteiger partial charge on any atom is -0.388 e. The van der Waals surface area contributed by atoms with Gasteiger partial charge >= 0.3 is 6.18 Å². The molecule has 1 aromatic rings. The van der Waals surface area contributed by atoms with Gasteiger partial charge in [0.05, 0.1) is 11.2 Å². The number of benzene rings is 1. The van der Waals surface area contributed by atoms with Crippen LogP contribution >= 0.6 is 0 Å². The number of anilines is 1. The van der Waals surface area contributed by atoms with E-state index in [0.717, 1.165) is 37.0 Å². The molecule has 2 N–H and O–H groups in total. The molecule has 1 aromatic carbocycles. The highest BCUT2D eigenvalue weighted by atomic mass is 19.4. The minimum absolute atomic E-state index is 0.301. The van der Waals surface area contributed by atoms with Gasteiger partial charge in [-0.1, -0.05) is 25.3 Å². The van der Waals surface area contributed by atoms with Crippen LogP contribution in [0.5, 0.6) is 0 Å². The summed E-state index contributed by atoms with van der Waals surface area (Å²) in [6.45, 7) is 2.06. The third kappa shape index (κ3) is 3.66. The van der Waals surface area contributed by atoms with Crippen LogP contribution < -0.4 is 5.32 Å². The zero-order valence-corrected chi connectivity index (χ0v) is 11.6. The second kappa shape index (κ2) is 5.64. The summed E-state index contributed by atoms with van der Waals surface area (Å²) in [5.74, 6) is 0. The predicted molar refractivity (Wildman–Crippen MR) is 72.7 cm³/mol. The van der Waals surface area contributed by atoms with Crippen molar-refractivity contribution in [3.8, 4) is 0 Å².